The summed E-state index contributed by atoms with van der Waals surface area (Å²) in [7, 11) is 0. The molecular weight excluding hydrogens is 260 g/mol. The van der Waals surface area contributed by atoms with Gasteiger partial charge in [-0.3, -0.25) is 0 Å². The second-order valence-electron chi connectivity index (χ2n) is 5.90. The number of benzene rings is 1. The third-order valence-electron chi connectivity index (χ3n) is 4.57. The summed E-state index contributed by atoms with van der Waals surface area (Å²) in [5.41, 5.74) is 3.59. The van der Waals surface area contributed by atoms with E-state index in [2.05, 4.69) is 47.1 Å². The molecule has 0 N–H and O–H groups in total. The maximum absolute atomic E-state index is 3.76. The van der Waals surface area contributed by atoms with E-state index in [1.807, 2.05) is 0 Å². The van der Waals surface area contributed by atoms with Crippen molar-refractivity contribution in [3.05, 3.63) is 35.4 Å². The normalized spacial score (nSPS) is 36.1. The molecule has 0 bridgehead atoms. The van der Waals surface area contributed by atoms with E-state index in [0.29, 0.717) is 5.41 Å². The predicted molar refractivity (Wildman–Crippen MR) is 71.9 cm³/mol. The molecule has 0 saturated heterocycles. The average Bonchev–Trinajstić information content (AvgIpc) is 2.91. The van der Waals surface area contributed by atoms with E-state index in [0.717, 1.165) is 11.8 Å². The average molecular weight is 279 g/mol. The molecule has 0 amide bonds. The number of halogens is 1. The van der Waals surface area contributed by atoms with Gasteiger partial charge < -0.3 is 0 Å². The van der Waals surface area contributed by atoms with Crippen LogP contribution in [0.1, 0.15) is 30.4 Å². The van der Waals surface area contributed by atoms with Crippen LogP contribution in [-0.4, -0.2) is 5.33 Å². The van der Waals surface area contributed by atoms with Crippen LogP contribution in [0.5, 0.6) is 0 Å². The summed E-state index contributed by atoms with van der Waals surface area (Å²) in [6.07, 6.45) is 5.70. The van der Waals surface area contributed by atoms with Crippen molar-refractivity contribution in [2.24, 2.45) is 17.3 Å². The quantitative estimate of drug-likeness (QED) is 0.722. The van der Waals surface area contributed by atoms with E-state index < -0.39 is 0 Å². The minimum Gasteiger partial charge on any atom is -0.0922 e. The topological polar surface area (TPSA) is 0 Å². The number of rotatable bonds is 3. The van der Waals surface area contributed by atoms with E-state index in [1.54, 1.807) is 5.56 Å². The van der Waals surface area contributed by atoms with Crippen LogP contribution in [0.15, 0.2) is 24.3 Å². The van der Waals surface area contributed by atoms with Gasteiger partial charge in [-0.15, -0.1) is 0 Å². The smallest absolute Gasteiger partial charge is 0.00913 e. The fourth-order valence-electron chi connectivity index (χ4n) is 3.52. The fourth-order valence-corrected chi connectivity index (χ4v) is 4.18. The molecule has 1 aromatic carbocycles. The molecule has 0 nitrogen and oxygen atoms in total. The molecule has 2 aliphatic carbocycles. The Hall–Kier alpha value is -0.300. The first-order chi connectivity index (χ1) is 7.72. The third kappa shape index (κ3) is 1.84. The monoisotopic (exact) mass is 278 g/mol. The van der Waals surface area contributed by atoms with Gasteiger partial charge in [-0.1, -0.05) is 40.2 Å². The Kier molecular flexibility index (Phi) is 2.62. The molecule has 2 saturated carbocycles. The predicted octanol–water partition coefficient (Wildman–Crippen LogP) is 4.35. The first-order valence-electron chi connectivity index (χ1n) is 6.33. The maximum atomic E-state index is 3.76. The number of hydrogen-bond acceptors (Lipinski definition) is 0. The Bertz CT molecular complexity index is 386. The van der Waals surface area contributed by atoms with Gasteiger partial charge in [-0.2, -0.15) is 0 Å². The highest BCUT2D eigenvalue weighted by atomic mass is 79.9. The van der Waals surface area contributed by atoms with E-state index >= 15 is 0 Å². The minimum atomic E-state index is 0.569. The molecule has 2 atom stereocenters. The summed E-state index contributed by atoms with van der Waals surface area (Å²) < 4.78 is 0. The maximum Gasteiger partial charge on any atom is 0.00913 e. The number of alkyl halides is 1. The Labute approximate surface area is 107 Å². The summed E-state index contributed by atoms with van der Waals surface area (Å²) in [6.45, 7) is 2.24. The van der Waals surface area contributed by atoms with Crippen molar-refractivity contribution >= 4 is 15.9 Å². The zero-order chi connectivity index (χ0) is 11.2. The van der Waals surface area contributed by atoms with Gasteiger partial charge in [0.15, 0.2) is 0 Å². The van der Waals surface area contributed by atoms with Crippen molar-refractivity contribution in [2.75, 3.05) is 5.33 Å². The van der Waals surface area contributed by atoms with Crippen LogP contribution in [0.25, 0.3) is 0 Å². The van der Waals surface area contributed by atoms with Crippen LogP contribution in [0.3, 0.4) is 0 Å². The number of fused-ring (bicyclic) bond motifs is 1. The highest BCUT2D eigenvalue weighted by Gasteiger charge is 2.52. The van der Waals surface area contributed by atoms with Crippen molar-refractivity contribution in [2.45, 2.75) is 32.6 Å². The van der Waals surface area contributed by atoms with Crippen molar-refractivity contribution < 1.29 is 0 Å². The Morgan fingerprint density at radius 3 is 2.56 bits per heavy atom. The summed E-state index contributed by atoms with van der Waals surface area (Å²) in [5.74, 6) is 2.14. The lowest BCUT2D eigenvalue weighted by Crippen LogP contribution is -2.24. The molecule has 0 spiro atoms. The van der Waals surface area contributed by atoms with Gasteiger partial charge in [0.05, 0.1) is 0 Å². The van der Waals surface area contributed by atoms with E-state index in [-0.39, 0.29) is 0 Å². The van der Waals surface area contributed by atoms with Gasteiger partial charge in [-0.05, 0) is 61.0 Å². The molecular formula is C15H19Br. The summed E-state index contributed by atoms with van der Waals surface area (Å²) in [4.78, 5) is 0. The van der Waals surface area contributed by atoms with Crippen LogP contribution >= 0.6 is 15.9 Å². The van der Waals surface area contributed by atoms with Gasteiger partial charge in [-0.25, -0.2) is 0 Å². The zero-order valence-corrected chi connectivity index (χ0v) is 11.5. The minimum absolute atomic E-state index is 0.569. The van der Waals surface area contributed by atoms with Gasteiger partial charge >= 0.3 is 0 Å². The molecule has 16 heavy (non-hydrogen) atoms. The highest BCUT2D eigenvalue weighted by molar-refractivity contribution is 9.09. The van der Waals surface area contributed by atoms with Crippen LogP contribution in [0.2, 0.25) is 0 Å². The van der Waals surface area contributed by atoms with Crippen molar-refractivity contribution in [3.8, 4) is 0 Å². The summed E-state index contributed by atoms with van der Waals surface area (Å²) in [5, 5.41) is 1.18. The van der Waals surface area contributed by atoms with E-state index in [4.69, 9.17) is 0 Å². The molecule has 1 aromatic rings. The molecule has 86 valence electrons. The standard InChI is InChI=1S/C15H19Br/c1-11-4-2-3-5-12(11)7-15(10-16)8-13-6-14(13)9-15/h2-5,13-14H,6-10H2,1H3. The molecule has 0 heterocycles. The second kappa shape index (κ2) is 3.87. The highest BCUT2D eigenvalue weighted by Crippen LogP contribution is 2.61. The van der Waals surface area contributed by atoms with Crippen molar-refractivity contribution in [1.82, 2.24) is 0 Å². The molecule has 0 aliphatic heterocycles. The molecule has 2 aliphatic rings. The third-order valence-corrected chi connectivity index (χ3v) is 5.76. The molecule has 2 fully saturated rings. The van der Waals surface area contributed by atoms with Crippen LogP contribution in [0.4, 0.5) is 0 Å². The summed E-state index contributed by atoms with van der Waals surface area (Å²) in [6, 6.07) is 8.88. The second-order valence-corrected chi connectivity index (χ2v) is 6.46. The van der Waals surface area contributed by atoms with Gasteiger partial charge in [0.2, 0.25) is 0 Å². The number of hydrogen-bond donors (Lipinski definition) is 0. The van der Waals surface area contributed by atoms with E-state index in [9.17, 15) is 0 Å². The van der Waals surface area contributed by atoms with Gasteiger partial charge in [0.1, 0.15) is 0 Å². The lowest BCUT2D eigenvalue weighted by Gasteiger charge is -2.29. The van der Waals surface area contributed by atoms with E-state index in [1.165, 1.54) is 36.6 Å². The Balaban J connectivity index is 1.80. The number of aryl methyl sites for hydroxylation is 1. The molecule has 1 heteroatoms. The molecule has 0 radical (unpaired) electrons. The summed E-state index contributed by atoms with van der Waals surface area (Å²) >= 11 is 3.76. The van der Waals surface area contributed by atoms with Crippen molar-refractivity contribution in [3.63, 3.8) is 0 Å². The first kappa shape index (κ1) is 10.8. The lowest BCUT2D eigenvalue weighted by atomic mass is 9.78. The van der Waals surface area contributed by atoms with Gasteiger partial charge in [0.25, 0.3) is 0 Å². The Morgan fingerprint density at radius 2 is 1.94 bits per heavy atom. The van der Waals surface area contributed by atoms with Crippen LogP contribution in [0, 0.1) is 24.2 Å². The van der Waals surface area contributed by atoms with Crippen molar-refractivity contribution in [1.29, 1.82) is 0 Å². The SMILES string of the molecule is Cc1ccccc1CC1(CBr)CC2CC2C1. The van der Waals surface area contributed by atoms with Crippen LogP contribution < -0.4 is 0 Å². The first-order valence-corrected chi connectivity index (χ1v) is 7.45. The molecule has 3 rings (SSSR count). The lowest BCUT2D eigenvalue weighted by molar-refractivity contribution is 0.308. The zero-order valence-electron chi connectivity index (χ0n) is 9.88. The Morgan fingerprint density at radius 1 is 1.25 bits per heavy atom. The molecule has 2 unspecified atom stereocenters. The van der Waals surface area contributed by atoms with Gasteiger partial charge in [0, 0.05) is 5.33 Å². The largest absolute Gasteiger partial charge is 0.0922 e. The van der Waals surface area contributed by atoms with Crippen LogP contribution in [-0.2, 0) is 6.42 Å². The molecule has 0 aromatic heterocycles. The fraction of sp³-hybridized carbons (Fsp3) is 0.600.